The first-order valence-electron chi connectivity index (χ1n) is 11.9. The van der Waals surface area contributed by atoms with E-state index in [4.69, 9.17) is 25.8 Å². The van der Waals surface area contributed by atoms with Crippen LogP contribution in [0.15, 0.2) is 60.0 Å². The Kier molecular flexibility index (Phi) is 7.75. The highest BCUT2D eigenvalue weighted by Gasteiger charge is 2.27. The number of halogens is 1. The second-order valence-electron chi connectivity index (χ2n) is 8.84. The molecule has 2 aliphatic heterocycles. The Hall–Kier alpha value is -3.07. The molecule has 0 radical (unpaired) electrons. The number of hydrogen-bond donors (Lipinski definition) is 0. The summed E-state index contributed by atoms with van der Waals surface area (Å²) in [6.45, 7) is 2.03. The number of carbonyl (C=O) groups is 2. The average molecular weight is 527 g/mol. The van der Waals surface area contributed by atoms with Crippen molar-refractivity contribution in [2.45, 2.75) is 32.0 Å². The fourth-order valence-electron chi connectivity index (χ4n) is 4.37. The Morgan fingerprint density at radius 3 is 2.58 bits per heavy atom. The SMILES string of the molecule is O=C(CN(CC1CCCO1)C(=O)c1ccc(Cl)cc1)N(Cc1ccc2c(c1)OCO2)Cc1cccs1. The summed E-state index contributed by atoms with van der Waals surface area (Å²) in [7, 11) is 0. The Labute approximate surface area is 219 Å². The molecule has 9 heteroatoms. The first kappa shape index (κ1) is 24.6. The van der Waals surface area contributed by atoms with Crippen LogP contribution in [0.1, 0.15) is 33.6 Å². The molecule has 188 valence electrons. The van der Waals surface area contributed by atoms with Crippen LogP contribution in [-0.4, -0.2) is 54.2 Å². The molecule has 2 aromatic carbocycles. The van der Waals surface area contributed by atoms with E-state index in [0.29, 0.717) is 48.3 Å². The van der Waals surface area contributed by atoms with E-state index < -0.39 is 0 Å². The zero-order valence-corrected chi connectivity index (χ0v) is 21.3. The van der Waals surface area contributed by atoms with E-state index in [2.05, 4.69) is 0 Å². The molecular formula is C27H27ClN2O5S. The van der Waals surface area contributed by atoms with Gasteiger partial charge in [0.05, 0.1) is 12.6 Å². The molecule has 0 aliphatic carbocycles. The van der Waals surface area contributed by atoms with Crippen molar-refractivity contribution >= 4 is 34.8 Å². The van der Waals surface area contributed by atoms with E-state index in [1.807, 2.05) is 35.7 Å². The van der Waals surface area contributed by atoms with Gasteiger partial charge in [-0.2, -0.15) is 0 Å². The predicted molar refractivity (Wildman–Crippen MR) is 137 cm³/mol. The molecule has 1 unspecified atom stereocenters. The minimum atomic E-state index is -0.213. The smallest absolute Gasteiger partial charge is 0.254 e. The standard InChI is InChI=1S/C27H27ClN2O5S/c28-21-8-6-20(7-9-21)27(32)30(15-22-3-1-11-33-22)17-26(31)29(16-23-4-2-12-36-23)14-19-5-10-24-25(13-19)35-18-34-24/h2,4-10,12-13,22H,1,3,11,14-18H2. The highest BCUT2D eigenvalue weighted by atomic mass is 35.5. The van der Waals surface area contributed by atoms with Crippen molar-refractivity contribution in [1.82, 2.24) is 9.80 Å². The monoisotopic (exact) mass is 526 g/mol. The van der Waals surface area contributed by atoms with Gasteiger partial charge in [0.15, 0.2) is 11.5 Å². The summed E-state index contributed by atoms with van der Waals surface area (Å²) < 4.78 is 16.7. The van der Waals surface area contributed by atoms with Crippen LogP contribution in [0.2, 0.25) is 5.02 Å². The van der Waals surface area contributed by atoms with Crippen molar-refractivity contribution in [3.63, 3.8) is 0 Å². The molecule has 1 saturated heterocycles. The number of amides is 2. The van der Waals surface area contributed by atoms with Crippen LogP contribution in [0.5, 0.6) is 11.5 Å². The number of hydrogen-bond acceptors (Lipinski definition) is 6. The largest absolute Gasteiger partial charge is 0.454 e. The molecule has 7 nitrogen and oxygen atoms in total. The Bertz CT molecular complexity index is 1200. The average Bonchev–Trinajstić information content (AvgIpc) is 3.66. The summed E-state index contributed by atoms with van der Waals surface area (Å²) in [6.07, 6.45) is 1.75. The minimum Gasteiger partial charge on any atom is -0.454 e. The van der Waals surface area contributed by atoms with Crippen LogP contribution in [0.3, 0.4) is 0 Å². The van der Waals surface area contributed by atoms with Crippen LogP contribution >= 0.6 is 22.9 Å². The molecule has 1 atom stereocenters. The van der Waals surface area contributed by atoms with Crippen LogP contribution < -0.4 is 9.47 Å². The molecule has 1 fully saturated rings. The lowest BCUT2D eigenvalue weighted by atomic mass is 10.1. The van der Waals surface area contributed by atoms with E-state index in [1.54, 1.807) is 45.4 Å². The summed E-state index contributed by atoms with van der Waals surface area (Å²) in [5, 5.41) is 2.55. The number of nitrogens with zero attached hydrogens (tertiary/aromatic N) is 2. The fourth-order valence-corrected chi connectivity index (χ4v) is 5.22. The maximum atomic E-state index is 13.7. The van der Waals surface area contributed by atoms with Gasteiger partial charge in [-0.05, 0) is 66.2 Å². The van der Waals surface area contributed by atoms with Gasteiger partial charge in [-0.15, -0.1) is 11.3 Å². The van der Waals surface area contributed by atoms with Crippen LogP contribution in [0, 0.1) is 0 Å². The zero-order valence-electron chi connectivity index (χ0n) is 19.7. The highest BCUT2D eigenvalue weighted by molar-refractivity contribution is 7.09. The Morgan fingerprint density at radius 1 is 1.00 bits per heavy atom. The molecule has 1 aromatic heterocycles. The van der Waals surface area contributed by atoms with Gasteiger partial charge < -0.3 is 24.0 Å². The quantitative estimate of drug-likeness (QED) is 0.393. The topological polar surface area (TPSA) is 68.3 Å². The molecule has 0 saturated carbocycles. The molecule has 5 rings (SSSR count). The van der Waals surface area contributed by atoms with Crippen LogP contribution in [0.4, 0.5) is 0 Å². The third kappa shape index (κ3) is 6.00. The van der Waals surface area contributed by atoms with Gasteiger partial charge in [0.25, 0.3) is 5.91 Å². The normalized spacial score (nSPS) is 16.2. The third-order valence-corrected chi connectivity index (χ3v) is 7.36. The Balaban J connectivity index is 1.36. The molecule has 36 heavy (non-hydrogen) atoms. The molecule has 2 amide bonds. The zero-order chi connectivity index (χ0) is 24.9. The third-order valence-electron chi connectivity index (χ3n) is 6.24. The maximum absolute atomic E-state index is 13.7. The van der Waals surface area contributed by atoms with E-state index >= 15 is 0 Å². The van der Waals surface area contributed by atoms with E-state index in [0.717, 1.165) is 23.3 Å². The number of ether oxygens (including phenoxy) is 3. The van der Waals surface area contributed by atoms with Crippen molar-refractivity contribution in [2.24, 2.45) is 0 Å². The molecule has 3 aromatic rings. The van der Waals surface area contributed by atoms with Gasteiger partial charge in [-0.25, -0.2) is 0 Å². The van der Waals surface area contributed by atoms with Gasteiger partial charge in [0, 0.05) is 35.2 Å². The predicted octanol–water partition coefficient (Wildman–Crippen LogP) is 4.98. The number of benzene rings is 2. The maximum Gasteiger partial charge on any atom is 0.254 e. The second kappa shape index (κ2) is 11.3. The highest BCUT2D eigenvalue weighted by Crippen LogP contribution is 2.33. The van der Waals surface area contributed by atoms with Crippen LogP contribution in [0.25, 0.3) is 0 Å². The van der Waals surface area contributed by atoms with Crippen molar-refractivity contribution in [1.29, 1.82) is 0 Å². The molecule has 0 spiro atoms. The van der Waals surface area contributed by atoms with Crippen molar-refractivity contribution in [3.8, 4) is 11.5 Å². The van der Waals surface area contributed by atoms with E-state index in [-0.39, 0.29) is 31.3 Å². The van der Waals surface area contributed by atoms with Gasteiger partial charge in [0.1, 0.15) is 6.54 Å². The number of thiophene rings is 1. The lowest BCUT2D eigenvalue weighted by Crippen LogP contribution is -2.45. The number of rotatable bonds is 9. The summed E-state index contributed by atoms with van der Waals surface area (Å²) in [5.74, 6) is 1.02. The van der Waals surface area contributed by atoms with Crippen molar-refractivity contribution < 1.29 is 23.8 Å². The van der Waals surface area contributed by atoms with Crippen molar-refractivity contribution in [2.75, 3.05) is 26.5 Å². The van der Waals surface area contributed by atoms with E-state index in [1.165, 1.54) is 0 Å². The first-order valence-corrected chi connectivity index (χ1v) is 13.2. The molecule has 0 bridgehead atoms. The summed E-state index contributed by atoms with van der Waals surface area (Å²) >= 11 is 7.61. The lowest BCUT2D eigenvalue weighted by Gasteiger charge is -2.29. The van der Waals surface area contributed by atoms with Gasteiger partial charge in [-0.1, -0.05) is 23.7 Å². The van der Waals surface area contributed by atoms with Gasteiger partial charge in [0.2, 0.25) is 12.7 Å². The van der Waals surface area contributed by atoms with E-state index in [9.17, 15) is 9.59 Å². The molecule has 0 N–H and O–H groups in total. The number of carbonyl (C=O) groups excluding carboxylic acids is 2. The summed E-state index contributed by atoms with van der Waals surface area (Å²) in [4.78, 5) is 31.6. The lowest BCUT2D eigenvalue weighted by molar-refractivity contribution is -0.133. The Morgan fingerprint density at radius 2 is 1.83 bits per heavy atom. The van der Waals surface area contributed by atoms with Crippen molar-refractivity contribution in [3.05, 3.63) is 81.0 Å². The number of fused-ring (bicyclic) bond motifs is 1. The molecular weight excluding hydrogens is 500 g/mol. The summed E-state index contributed by atoms with van der Waals surface area (Å²) in [6, 6.07) is 16.4. The van der Waals surface area contributed by atoms with Crippen LogP contribution in [-0.2, 0) is 22.6 Å². The van der Waals surface area contributed by atoms with Gasteiger partial charge in [-0.3, -0.25) is 9.59 Å². The first-order chi connectivity index (χ1) is 17.5. The minimum absolute atomic E-state index is 0.0444. The summed E-state index contributed by atoms with van der Waals surface area (Å²) in [5.41, 5.74) is 1.42. The fraction of sp³-hybridized carbons (Fsp3) is 0.333. The molecule has 2 aliphatic rings. The van der Waals surface area contributed by atoms with Gasteiger partial charge >= 0.3 is 0 Å². The second-order valence-corrected chi connectivity index (χ2v) is 10.3. The molecule has 3 heterocycles.